The van der Waals surface area contributed by atoms with Gasteiger partial charge in [-0.2, -0.15) is 0 Å². The van der Waals surface area contributed by atoms with Gasteiger partial charge in [-0.3, -0.25) is 14.5 Å². The highest BCUT2D eigenvalue weighted by molar-refractivity contribution is 8.26. The van der Waals surface area contributed by atoms with E-state index in [0.29, 0.717) is 39.6 Å². The molecule has 2 heterocycles. The number of thiocarbonyl (C=S) groups is 1. The van der Waals surface area contributed by atoms with Crippen LogP contribution in [0.5, 0.6) is 0 Å². The summed E-state index contributed by atoms with van der Waals surface area (Å²) in [4.78, 5) is 29.7. The van der Waals surface area contributed by atoms with Crippen LogP contribution in [0.4, 0.5) is 0 Å². The van der Waals surface area contributed by atoms with Crippen molar-refractivity contribution in [2.45, 2.75) is 32.1 Å². The topological polar surface area (TPSA) is 40.6 Å². The average molecular weight is 499 g/mol. The Morgan fingerprint density at radius 2 is 1.79 bits per heavy atom. The molecule has 2 amide bonds. The molecule has 0 aromatic heterocycles. The van der Waals surface area contributed by atoms with E-state index < -0.39 is 0 Å². The van der Waals surface area contributed by atoms with Crippen LogP contribution >= 0.6 is 35.6 Å². The molecule has 172 valence electrons. The molecule has 2 aliphatic rings. The van der Waals surface area contributed by atoms with Crippen LogP contribution in [-0.4, -0.2) is 45.6 Å². The molecule has 0 N–H and O–H groups in total. The number of likely N-dealkylation sites (tertiary alicyclic amines) is 1. The first kappa shape index (κ1) is 24.0. The number of hydrogen-bond donors (Lipinski definition) is 0. The van der Waals surface area contributed by atoms with Crippen molar-refractivity contribution in [2.75, 3.05) is 19.6 Å². The van der Waals surface area contributed by atoms with Gasteiger partial charge in [0.05, 0.1) is 4.91 Å². The highest BCUT2D eigenvalue weighted by Crippen LogP contribution is 2.34. The second-order valence-corrected chi connectivity index (χ2v) is 10.6. The summed E-state index contributed by atoms with van der Waals surface area (Å²) in [7, 11) is 0. The quantitative estimate of drug-likeness (QED) is 0.357. The van der Waals surface area contributed by atoms with Gasteiger partial charge in [0.15, 0.2) is 0 Å². The minimum absolute atomic E-state index is 0.112. The van der Waals surface area contributed by atoms with Crippen LogP contribution in [-0.2, 0) is 16.0 Å². The van der Waals surface area contributed by atoms with E-state index in [-0.39, 0.29) is 11.8 Å². The summed E-state index contributed by atoms with van der Waals surface area (Å²) in [5.74, 6) is 0.695. The molecule has 0 atom stereocenters. The molecule has 4 nitrogen and oxygen atoms in total. The summed E-state index contributed by atoms with van der Waals surface area (Å²) in [5, 5.41) is 0.598. The van der Waals surface area contributed by atoms with Gasteiger partial charge in [0.25, 0.3) is 5.91 Å². The van der Waals surface area contributed by atoms with Gasteiger partial charge in [0, 0.05) is 31.1 Å². The Morgan fingerprint density at radius 3 is 2.52 bits per heavy atom. The van der Waals surface area contributed by atoms with E-state index >= 15 is 0 Å². The molecule has 0 unspecified atom stereocenters. The van der Waals surface area contributed by atoms with Crippen molar-refractivity contribution in [1.29, 1.82) is 0 Å². The molecule has 33 heavy (non-hydrogen) atoms. The second kappa shape index (κ2) is 11.3. The number of hydrogen-bond acceptors (Lipinski definition) is 4. The van der Waals surface area contributed by atoms with E-state index in [1.165, 1.54) is 17.3 Å². The van der Waals surface area contributed by atoms with Crippen molar-refractivity contribution in [3.05, 3.63) is 75.7 Å². The lowest BCUT2D eigenvalue weighted by Crippen LogP contribution is -2.39. The fourth-order valence-corrected chi connectivity index (χ4v) is 5.80. The van der Waals surface area contributed by atoms with Gasteiger partial charge >= 0.3 is 0 Å². The molecule has 2 aromatic rings. The molecule has 0 saturated carbocycles. The van der Waals surface area contributed by atoms with Gasteiger partial charge < -0.3 is 4.90 Å². The van der Waals surface area contributed by atoms with Crippen molar-refractivity contribution < 1.29 is 9.59 Å². The number of benzene rings is 2. The maximum atomic E-state index is 12.8. The van der Waals surface area contributed by atoms with Crippen LogP contribution in [0.25, 0.3) is 6.08 Å². The number of carbonyl (C=O) groups is 2. The number of carbonyl (C=O) groups excluding carboxylic acids is 2. The average Bonchev–Trinajstić information content (AvgIpc) is 3.09. The minimum atomic E-state index is -0.112. The van der Waals surface area contributed by atoms with Gasteiger partial charge in [-0.05, 0) is 54.9 Å². The number of amides is 2. The smallest absolute Gasteiger partial charge is 0.266 e. The number of piperidine rings is 1. The molecule has 0 aliphatic carbocycles. The summed E-state index contributed by atoms with van der Waals surface area (Å²) in [6.45, 7) is 2.09. The highest BCUT2D eigenvalue weighted by Gasteiger charge is 2.32. The monoisotopic (exact) mass is 498 g/mol. The van der Waals surface area contributed by atoms with Gasteiger partial charge in [-0.25, -0.2) is 0 Å². The lowest BCUT2D eigenvalue weighted by molar-refractivity contribution is -0.133. The Kier molecular flexibility index (Phi) is 8.23. The van der Waals surface area contributed by atoms with Crippen LogP contribution in [0, 0.1) is 5.92 Å². The van der Waals surface area contributed by atoms with E-state index in [2.05, 4.69) is 24.3 Å². The Balaban J connectivity index is 1.22. The molecule has 7 heteroatoms. The van der Waals surface area contributed by atoms with E-state index in [4.69, 9.17) is 23.8 Å². The third kappa shape index (κ3) is 6.25. The third-order valence-electron chi connectivity index (χ3n) is 6.17. The second-order valence-electron chi connectivity index (χ2n) is 8.47. The number of thioether (sulfide) groups is 1. The van der Waals surface area contributed by atoms with Gasteiger partial charge in [-0.15, -0.1) is 0 Å². The summed E-state index contributed by atoms with van der Waals surface area (Å²) in [6, 6.07) is 18.0. The van der Waals surface area contributed by atoms with Crippen LogP contribution in [0.15, 0.2) is 59.5 Å². The number of nitrogens with zero attached hydrogens (tertiary/aromatic N) is 2. The van der Waals surface area contributed by atoms with E-state index in [1.54, 1.807) is 17.0 Å². The molecule has 2 fully saturated rings. The predicted octanol–water partition coefficient (Wildman–Crippen LogP) is 5.80. The van der Waals surface area contributed by atoms with Crippen molar-refractivity contribution in [2.24, 2.45) is 5.92 Å². The lowest BCUT2D eigenvalue weighted by atomic mass is 9.90. The Labute approximate surface area is 210 Å². The van der Waals surface area contributed by atoms with Crippen LogP contribution in [0.1, 0.15) is 36.8 Å². The Bertz CT molecular complexity index is 1050. The van der Waals surface area contributed by atoms with Crippen LogP contribution < -0.4 is 0 Å². The van der Waals surface area contributed by atoms with Crippen LogP contribution in [0.3, 0.4) is 0 Å². The molecular weight excluding hydrogens is 472 g/mol. The molecular formula is C26H27ClN2O2S2. The predicted molar refractivity (Wildman–Crippen MR) is 140 cm³/mol. The summed E-state index contributed by atoms with van der Waals surface area (Å²) >= 11 is 12.9. The number of rotatable bonds is 7. The fourth-order valence-electron chi connectivity index (χ4n) is 4.31. The first-order valence-electron chi connectivity index (χ1n) is 11.3. The van der Waals surface area contributed by atoms with Gasteiger partial charge in [0.1, 0.15) is 4.32 Å². The maximum absolute atomic E-state index is 12.8. The molecule has 2 saturated heterocycles. The van der Waals surface area contributed by atoms with E-state index in [0.717, 1.165) is 37.9 Å². The summed E-state index contributed by atoms with van der Waals surface area (Å²) in [6.07, 6.45) is 5.99. The first-order chi connectivity index (χ1) is 16.0. The minimum Gasteiger partial charge on any atom is -0.343 e. The lowest BCUT2D eigenvalue weighted by Gasteiger charge is -2.32. The highest BCUT2D eigenvalue weighted by atomic mass is 35.5. The summed E-state index contributed by atoms with van der Waals surface area (Å²) < 4.78 is 0.535. The van der Waals surface area contributed by atoms with Crippen molar-refractivity contribution in [1.82, 2.24) is 9.80 Å². The fraction of sp³-hybridized carbons (Fsp3) is 0.346. The zero-order valence-corrected chi connectivity index (χ0v) is 20.8. The molecule has 2 aromatic carbocycles. The zero-order chi connectivity index (χ0) is 23.2. The first-order valence-corrected chi connectivity index (χ1v) is 12.9. The van der Waals surface area contributed by atoms with Crippen LogP contribution in [0.2, 0.25) is 5.02 Å². The normalized spacial score (nSPS) is 18.4. The van der Waals surface area contributed by atoms with Crippen molar-refractivity contribution >= 4 is 57.8 Å². The molecule has 0 spiro atoms. The SMILES string of the molecule is O=C(CCCN1C(=O)/C(=C/c2ccccc2Cl)SC1=S)N1CCC(Cc2ccccc2)CC1. The van der Waals surface area contributed by atoms with Gasteiger partial charge in [0.2, 0.25) is 5.91 Å². The Hall–Kier alpha value is -2.15. The van der Waals surface area contributed by atoms with Crippen molar-refractivity contribution in [3.8, 4) is 0 Å². The zero-order valence-electron chi connectivity index (χ0n) is 18.4. The van der Waals surface area contributed by atoms with E-state index in [1.807, 2.05) is 29.2 Å². The van der Waals surface area contributed by atoms with E-state index in [9.17, 15) is 9.59 Å². The maximum Gasteiger partial charge on any atom is 0.266 e. The van der Waals surface area contributed by atoms with Crippen molar-refractivity contribution in [3.63, 3.8) is 0 Å². The summed E-state index contributed by atoms with van der Waals surface area (Å²) in [5.41, 5.74) is 2.17. The number of halogens is 1. The molecule has 4 rings (SSSR count). The standard InChI is InChI=1S/C26H27ClN2O2S2/c27-22-10-5-4-9-21(22)18-23-25(31)29(26(32)33-23)14-6-11-24(30)28-15-12-20(13-16-28)17-19-7-2-1-3-8-19/h1-5,7-10,18,20H,6,11-17H2/b23-18-. The van der Waals surface area contributed by atoms with Gasteiger partial charge in [-0.1, -0.05) is 84.1 Å². The third-order valence-corrected chi connectivity index (χ3v) is 7.89. The molecule has 0 radical (unpaired) electrons. The molecule has 0 bridgehead atoms. The molecule has 2 aliphatic heterocycles. The largest absolute Gasteiger partial charge is 0.343 e. The Morgan fingerprint density at radius 1 is 1.09 bits per heavy atom.